The number of alkyl halides is 6. The molecule has 14 heteroatoms. The number of hydrogen-bond acceptors (Lipinski definition) is 5. The maximum absolute atomic E-state index is 13.2. The molecular formula is C26H25F6N3O5. The molecule has 1 saturated heterocycles. The topological polar surface area (TPSA) is 108 Å². The third-order valence-electron chi connectivity index (χ3n) is 6.93. The van der Waals surface area contributed by atoms with E-state index in [0.717, 1.165) is 5.56 Å². The molecule has 216 valence electrons. The van der Waals surface area contributed by atoms with Crippen LogP contribution in [0, 0.1) is 5.92 Å². The largest absolute Gasteiger partial charge is 0.478 e. The average molecular weight is 573 g/mol. The number of nitrogens with one attached hydrogen (secondary N) is 2. The lowest BCUT2D eigenvalue weighted by molar-refractivity contribution is -0.147. The van der Waals surface area contributed by atoms with Gasteiger partial charge in [-0.25, -0.2) is 9.59 Å². The molecule has 0 spiro atoms. The first-order valence-corrected chi connectivity index (χ1v) is 12.3. The number of fused-ring (bicyclic) bond motifs is 1. The Bertz CT molecular complexity index is 1240. The zero-order valence-electron chi connectivity index (χ0n) is 20.8. The second-order valence-electron chi connectivity index (χ2n) is 9.66. The van der Waals surface area contributed by atoms with Crippen molar-refractivity contribution in [1.29, 1.82) is 0 Å². The van der Waals surface area contributed by atoms with Crippen LogP contribution in [0.4, 0.5) is 36.8 Å². The van der Waals surface area contributed by atoms with Crippen molar-refractivity contribution in [2.24, 2.45) is 5.92 Å². The van der Waals surface area contributed by atoms with Crippen LogP contribution < -0.4 is 10.6 Å². The first kappa shape index (κ1) is 29.2. The van der Waals surface area contributed by atoms with E-state index in [9.17, 15) is 45.8 Å². The summed E-state index contributed by atoms with van der Waals surface area (Å²) in [6.07, 6.45) is -13.5. The number of hydrogen-bond donors (Lipinski definition) is 3. The highest BCUT2D eigenvalue weighted by molar-refractivity contribution is 5.96. The zero-order valence-corrected chi connectivity index (χ0v) is 20.8. The summed E-state index contributed by atoms with van der Waals surface area (Å²) in [6, 6.07) is 7.50. The number of halogens is 6. The van der Waals surface area contributed by atoms with Gasteiger partial charge >= 0.3 is 24.4 Å². The maximum atomic E-state index is 13.2. The van der Waals surface area contributed by atoms with Crippen molar-refractivity contribution >= 4 is 23.7 Å². The summed E-state index contributed by atoms with van der Waals surface area (Å²) < 4.78 is 84.0. The molecule has 2 aromatic rings. The Morgan fingerprint density at radius 2 is 1.60 bits per heavy atom. The predicted octanol–water partition coefficient (Wildman–Crippen LogP) is 4.68. The number of benzene rings is 2. The van der Waals surface area contributed by atoms with Crippen LogP contribution in [-0.2, 0) is 39.6 Å². The Balaban J connectivity index is 1.39. The van der Waals surface area contributed by atoms with Crippen LogP contribution >= 0.6 is 0 Å². The molecule has 3 N–H and O–H groups in total. The van der Waals surface area contributed by atoms with Gasteiger partial charge in [0.15, 0.2) is 0 Å². The second-order valence-corrected chi connectivity index (χ2v) is 9.66. The molecule has 0 aliphatic carbocycles. The van der Waals surface area contributed by atoms with Crippen molar-refractivity contribution in [3.8, 4) is 0 Å². The lowest BCUT2D eigenvalue weighted by atomic mass is 9.89. The third-order valence-corrected chi connectivity index (χ3v) is 6.93. The number of para-hydroxylation sites is 1. The van der Waals surface area contributed by atoms with Gasteiger partial charge in [-0.2, -0.15) is 26.3 Å². The van der Waals surface area contributed by atoms with Gasteiger partial charge in [0.25, 0.3) is 0 Å². The second kappa shape index (κ2) is 11.4. The minimum absolute atomic E-state index is 0.0719. The summed E-state index contributed by atoms with van der Waals surface area (Å²) in [6.45, 7) is 0.666. The number of ether oxygens (including phenoxy) is 1. The standard InChI is InChI=1S/C26H25F6N3O5/c27-25(28,29)17-9-14(10-18(12-17)26(30,31)32)11-20(23(37)38)40-24(39)35-7-5-15(6-8-35)21-22(36)34-19-4-2-1-3-16(19)13-33-21/h1-4,9-10,12,15,20-21,33H,5-8,11,13H2,(H,34,36)(H,37,38)/t20-,21?/m1/s1. The molecule has 1 unspecified atom stereocenters. The van der Waals surface area contributed by atoms with Gasteiger partial charge < -0.3 is 25.4 Å². The van der Waals surface area contributed by atoms with Crippen molar-refractivity contribution in [2.45, 2.75) is 50.3 Å². The van der Waals surface area contributed by atoms with Gasteiger partial charge in [0.2, 0.25) is 12.0 Å². The maximum Gasteiger partial charge on any atom is 0.416 e. The van der Waals surface area contributed by atoms with Gasteiger partial charge in [-0.3, -0.25) is 4.79 Å². The third kappa shape index (κ3) is 6.84. The van der Waals surface area contributed by atoms with Crippen LogP contribution in [0.3, 0.4) is 0 Å². The van der Waals surface area contributed by atoms with Crippen LogP contribution in [-0.4, -0.2) is 53.2 Å². The normalized spacial score (nSPS) is 19.3. The van der Waals surface area contributed by atoms with Crippen LogP contribution in [0.1, 0.15) is 35.1 Å². The summed E-state index contributed by atoms with van der Waals surface area (Å²) in [7, 11) is 0. The molecule has 4 rings (SSSR count). The average Bonchev–Trinajstić information content (AvgIpc) is 3.05. The van der Waals surface area contributed by atoms with Crippen molar-refractivity contribution in [1.82, 2.24) is 10.2 Å². The quantitative estimate of drug-likeness (QED) is 0.449. The summed E-state index contributed by atoms with van der Waals surface area (Å²) >= 11 is 0. The van der Waals surface area contributed by atoms with Crippen LogP contribution in [0.25, 0.3) is 0 Å². The van der Waals surface area contributed by atoms with Crippen LogP contribution in [0.5, 0.6) is 0 Å². The van der Waals surface area contributed by atoms with Crippen LogP contribution in [0.15, 0.2) is 42.5 Å². The fourth-order valence-corrected chi connectivity index (χ4v) is 4.84. The fourth-order valence-electron chi connectivity index (χ4n) is 4.84. The summed E-state index contributed by atoms with van der Waals surface area (Å²) in [5.74, 6) is -2.11. The molecule has 2 aliphatic rings. The lowest BCUT2D eigenvalue weighted by Crippen LogP contribution is -2.49. The van der Waals surface area contributed by atoms with Gasteiger partial charge in [-0.15, -0.1) is 0 Å². The SMILES string of the molecule is O=C1Nc2ccccc2CNC1C1CCN(C(=O)O[C@H](Cc2cc(C(F)(F)F)cc(C(F)(F)F)c2)C(=O)O)CC1. The molecule has 2 amide bonds. The minimum Gasteiger partial charge on any atom is -0.478 e. The number of carboxylic acids is 1. The highest BCUT2D eigenvalue weighted by Crippen LogP contribution is 2.36. The van der Waals surface area contributed by atoms with E-state index in [-0.39, 0.29) is 31.0 Å². The molecule has 2 atom stereocenters. The number of carbonyl (C=O) groups is 3. The molecular weight excluding hydrogens is 548 g/mol. The number of aliphatic carboxylic acids is 1. The van der Waals surface area contributed by atoms with E-state index < -0.39 is 59.7 Å². The van der Waals surface area contributed by atoms with E-state index in [0.29, 0.717) is 37.2 Å². The van der Waals surface area contributed by atoms with Gasteiger partial charge in [0.1, 0.15) is 0 Å². The number of likely N-dealkylation sites (tertiary alicyclic amines) is 1. The molecule has 8 nitrogen and oxygen atoms in total. The molecule has 1 fully saturated rings. The predicted molar refractivity (Wildman–Crippen MR) is 128 cm³/mol. The van der Waals surface area contributed by atoms with E-state index in [4.69, 9.17) is 4.74 Å². The number of carbonyl (C=O) groups excluding carboxylic acids is 2. The molecule has 0 bridgehead atoms. The van der Waals surface area contributed by atoms with E-state index >= 15 is 0 Å². The van der Waals surface area contributed by atoms with E-state index in [1.807, 2.05) is 12.1 Å². The summed E-state index contributed by atoms with van der Waals surface area (Å²) in [5, 5.41) is 15.6. The Morgan fingerprint density at radius 3 is 2.17 bits per heavy atom. The van der Waals surface area contributed by atoms with E-state index in [1.54, 1.807) is 12.1 Å². The van der Waals surface area contributed by atoms with E-state index in [2.05, 4.69) is 10.6 Å². The number of piperidine rings is 1. The number of nitrogens with zero attached hydrogens (tertiary/aromatic N) is 1. The number of amides is 2. The Labute approximate surface area is 224 Å². The first-order chi connectivity index (χ1) is 18.7. The number of carboxylic acid groups (broad SMARTS) is 1. The van der Waals surface area contributed by atoms with Gasteiger partial charge in [0.05, 0.1) is 17.2 Å². The highest BCUT2D eigenvalue weighted by Gasteiger charge is 2.38. The summed E-state index contributed by atoms with van der Waals surface area (Å²) in [4.78, 5) is 38.4. The minimum atomic E-state index is -5.11. The summed E-state index contributed by atoms with van der Waals surface area (Å²) in [5.41, 5.74) is -2.19. The molecule has 40 heavy (non-hydrogen) atoms. The molecule has 2 aromatic carbocycles. The molecule has 2 heterocycles. The molecule has 0 saturated carbocycles. The van der Waals surface area contributed by atoms with Crippen molar-refractivity contribution in [3.63, 3.8) is 0 Å². The lowest BCUT2D eigenvalue weighted by Gasteiger charge is -2.35. The molecule has 0 aromatic heterocycles. The Kier molecular flexibility index (Phi) is 8.28. The van der Waals surface area contributed by atoms with Crippen molar-refractivity contribution in [2.75, 3.05) is 18.4 Å². The van der Waals surface area contributed by atoms with Gasteiger partial charge in [-0.05, 0) is 54.2 Å². The smallest absolute Gasteiger partial charge is 0.416 e. The Morgan fingerprint density at radius 1 is 1.00 bits per heavy atom. The van der Waals surface area contributed by atoms with Crippen LogP contribution in [0.2, 0.25) is 0 Å². The van der Waals surface area contributed by atoms with E-state index in [1.165, 1.54) is 4.90 Å². The first-order valence-electron chi connectivity index (χ1n) is 12.3. The molecule has 2 aliphatic heterocycles. The van der Waals surface area contributed by atoms with Crippen molar-refractivity contribution < 1.29 is 50.6 Å². The van der Waals surface area contributed by atoms with Gasteiger partial charge in [0, 0.05) is 31.7 Å². The van der Waals surface area contributed by atoms with Gasteiger partial charge in [-0.1, -0.05) is 18.2 Å². The number of rotatable bonds is 5. The monoisotopic (exact) mass is 573 g/mol. The highest BCUT2D eigenvalue weighted by atomic mass is 19.4. The number of anilines is 1. The fraction of sp³-hybridized carbons (Fsp3) is 0.423. The Hall–Kier alpha value is -3.81. The zero-order chi connectivity index (χ0) is 29.2. The molecule has 0 radical (unpaired) electrons. The van der Waals surface area contributed by atoms with Crippen molar-refractivity contribution in [3.05, 3.63) is 64.7 Å².